The monoisotopic (exact) mass is 239 g/mol. The molecule has 0 aliphatic rings. The molecule has 4 heteroatoms. The molecule has 17 heavy (non-hydrogen) atoms. The molecule has 0 aromatic carbocycles. The number of hydrogen-bond acceptors (Lipinski definition) is 3. The first kappa shape index (κ1) is 14.2. The first-order valence-corrected chi connectivity index (χ1v) is 6.62. The van der Waals surface area contributed by atoms with Crippen LogP contribution in [0.15, 0.2) is 12.3 Å². The molecule has 1 N–H and O–H groups in total. The van der Waals surface area contributed by atoms with Crippen LogP contribution in [0.4, 0.5) is 0 Å². The number of aliphatic hydroxyl groups excluding tert-OH is 1. The molecule has 0 saturated carbocycles. The van der Waals surface area contributed by atoms with Crippen molar-refractivity contribution in [1.29, 1.82) is 0 Å². The van der Waals surface area contributed by atoms with Crippen LogP contribution >= 0.6 is 0 Å². The second-order valence-electron chi connectivity index (χ2n) is 4.35. The molecule has 0 saturated heterocycles. The fraction of sp³-hybridized carbons (Fsp3) is 0.769. The van der Waals surface area contributed by atoms with Crippen molar-refractivity contribution >= 4 is 0 Å². The third kappa shape index (κ3) is 4.13. The van der Waals surface area contributed by atoms with Gasteiger partial charge in [0.1, 0.15) is 0 Å². The average Bonchev–Trinajstić information content (AvgIpc) is 2.79. The van der Waals surface area contributed by atoms with Gasteiger partial charge < -0.3 is 5.11 Å². The van der Waals surface area contributed by atoms with E-state index >= 15 is 0 Å². The number of rotatable bonds is 8. The maximum absolute atomic E-state index is 8.95. The SMILES string of the molecule is CCC(CC)n1ccc(CN(CC)CCO)n1. The minimum atomic E-state index is 0.209. The van der Waals surface area contributed by atoms with Gasteiger partial charge in [-0.05, 0) is 25.5 Å². The van der Waals surface area contributed by atoms with Crippen molar-refractivity contribution in [3.8, 4) is 0 Å². The fourth-order valence-corrected chi connectivity index (χ4v) is 2.05. The van der Waals surface area contributed by atoms with Crippen molar-refractivity contribution in [2.75, 3.05) is 19.7 Å². The van der Waals surface area contributed by atoms with Gasteiger partial charge in [0, 0.05) is 19.3 Å². The van der Waals surface area contributed by atoms with Crippen molar-refractivity contribution in [2.45, 2.75) is 46.2 Å². The maximum Gasteiger partial charge on any atom is 0.0764 e. The molecule has 1 heterocycles. The topological polar surface area (TPSA) is 41.3 Å². The number of hydrogen-bond donors (Lipinski definition) is 1. The van der Waals surface area contributed by atoms with Crippen LogP contribution in [0, 0.1) is 0 Å². The van der Waals surface area contributed by atoms with E-state index < -0.39 is 0 Å². The van der Waals surface area contributed by atoms with Gasteiger partial charge in [-0.15, -0.1) is 0 Å². The number of likely N-dealkylation sites (N-methyl/N-ethyl adjacent to an activating group) is 1. The summed E-state index contributed by atoms with van der Waals surface area (Å²) in [5.74, 6) is 0. The predicted octanol–water partition coefficient (Wildman–Crippen LogP) is 2.06. The Balaban J connectivity index is 2.60. The predicted molar refractivity (Wildman–Crippen MR) is 69.9 cm³/mol. The number of aliphatic hydroxyl groups is 1. The van der Waals surface area contributed by atoms with Crippen molar-refractivity contribution in [1.82, 2.24) is 14.7 Å². The lowest BCUT2D eigenvalue weighted by molar-refractivity contribution is 0.195. The molecule has 0 radical (unpaired) electrons. The van der Waals surface area contributed by atoms with Crippen molar-refractivity contribution in [3.63, 3.8) is 0 Å². The van der Waals surface area contributed by atoms with Crippen LogP contribution in [0.1, 0.15) is 45.3 Å². The van der Waals surface area contributed by atoms with E-state index in [0.29, 0.717) is 12.6 Å². The maximum atomic E-state index is 8.95. The quantitative estimate of drug-likeness (QED) is 0.755. The van der Waals surface area contributed by atoms with Crippen LogP contribution < -0.4 is 0 Å². The molecule has 0 fully saturated rings. The van der Waals surface area contributed by atoms with E-state index in [9.17, 15) is 0 Å². The van der Waals surface area contributed by atoms with Crippen LogP contribution in [-0.2, 0) is 6.54 Å². The molecular weight excluding hydrogens is 214 g/mol. The smallest absolute Gasteiger partial charge is 0.0764 e. The second-order valence-corrected chi connectivity index (χ2v) is 4.35. The first-order valence-electron chi connectivity index (χ1n) is 6.62. The summed E-state index contributed by atoms with van der Waals surface area (Å²) in [4.78, 5) is 2.19. The summed E-state index contributed by atoms with van der Waals surface area (Å²) < 4.78 is 2.07. The summed E-state index contributed by atoms with van der Waals surface area (Å²) in [6.45, 7) is 9.19. The summed E-state index contributed by atoms with van der Waals surface area (Å²) in [7, 11) is 0. The molecule has 0 amide bonds. The molecular formula is C13H25N3O. The minimum absolute atomic E-state index is 0.209. The fourth-order valence-electron chi connectivity index (χ4n) is 2.05. The third-order valence-electron chi connectivity index (χ3n) is 3.23. The molecule has 1 rings (SSSR count). The van der Waals surface area contributed by atoms with E-state index in [-0.39, 0.29) is 6.61 Å². The van der Waals surface area contributed by atoms with Gasteiger partial charge in [-0.1, -0.05) is 20.8 Å². The van der Waals surface area contributed by atoms with Gasteiger partial charge in [-0.25, -0.2) is 0 Å². The summed E-state index contributed by atoms with van der Waals surface area (Å²) in [6.07, 6.45) is 4.30. The van der Waals surface area contributed by atoms with Crippen molar-refractivity contribution in [3.05, 3.63) is 18.0 Å². The highest BCUT2D eigenvalue weighted by atomic mass is 16.3. The molecule has 4 nitrogen and oxygen atoms in total. The van der Waals surface area contributed by atoms with E-state index in [1.54, 1.807) is 0 Å². The van der Waals surface area contributed by atoms with Crippen LogP contribution in [0.3, 0.4) is 0 Å². The standard InChI is InChI=1S/C13H25N3O/c1-4-13(5-2)16-8-7-12(14-16)11-15(6-3)9-10-17/h7-8,13,17H,4-6,9-11H2,1-3H3. The van der Waals surface area contributed by atoms with Crippen LogP contribution in [0.2, 0.25) is 0 Å². The first-order chi connectivity index (χ1) is 8.24. The Labute approximate surface area is 104 Å². The van der Waals surface area contributed by atoms with E-state index in [2.05, 4.69) is 47.7 Å². The lowest BCUT2D eigenvalue weighted by Gasteiger charge is -2.17. The van der Waals surface area contributed by atoms with E-state index in [0.717, 1.165) is 31.6 Å². The summed E-state index contributed by atoms with van der Waals surface area (Å²) in [5, 5.41) is 13.6. The van der Waals surface area contributed by atoms with Crippen LogP contribution in [-0.4, -0.2) is 39.5 Å². The van der Waals surface area contributed by atoms with Gasteiger partial charge in [0.15, 0.2) is 0 Å². The molecule has 0 atom stereocenters. The summed E-state index contributed by atoms with van der Waals surface area (Å²) in [6, 6.07) is 2.59. The highest BCUT2D eigenvalue weighted by molar-refractivity contribution is 4.99. The van der Waals surface area contributed by atoms with Crippen molar-refractivity contribution < 1.29 is 5.11 Å². The normalized spacial score (nSPS) is 11.6. The van der Waals surface area contributed by atoms with E-state index in [1.807, 2.05) is 0 Å². The zero-order chi connectivity index (χ0) is 12.7. The summed E-state index contributed by atoms with van der Waals surface area (Å²) in [5.41, 5.74) is 1.09. The molecule has 0 aliphatic carbocycles. The Morgan fingerprint density at radius 3 is 2.59 bits per heavy atom. The van der Waals surface area contributed by atoms with Crippen molar-refractivity contribution in [2.24, 2.45) is 0 Å². The summed E-state index contributed by atoms with van der Waals surface area (Å²) >= 11 is 0. The molecule has 0 unspecified atom stereocenters. The van der Waals surface area contributed by atoms with Gasteiger partial charge in [-0.3, -0.25) is 9.58 Å². The number of nitrogens with zero attached hydrogens (tertiary/aromatic N) is 3. The lowest BCUT2D eigenvalue weighted by Crippen LogP contribution is -2.26. The zero-order valence-corrected chi connectivity index (χ0v) is 11.3. The van der Waals surface area contributed by atoms with E-state index in [4.69, 9.17) is 5.11 Å². The molecule has 0 spiro atoms. The highest BCUT2D eigenvalue weighted by Crippen LogP contribution is 2.14. The Kier molecular flexibility index (Phi) is 6.22. The largest absolute Gasteiger partial charge is 0.395 e. The highest BCUT2D eigenvalue weighted by Gasteiger charge is 2.09. The van der Waals surface area contributed by atoms with Gasteiger partial charge in [0.25, 0.3) is 0 Å². The lowest BCUT2D eigenvalue weighted by atomic mass is 10.2. The number of aromatic nitrogens is 2. The molecule has 0 bridgehead atoms. The molecule has 1 aromatic heterocycles. The average molecular weight is 239 g/mol. The van der Waals surface area contributed by atoms with Gasteiger partial charge in [-0.2, -0.15) is 5.10 Å². The second kappa shape index (κ2) is 7.45. The minimum Gasteiger partial charge on any atom is -0.395 e. The van der Waals surface area contributed by atoms with Crippen LogP contribution in [0.25, 0.3) is 0 Å². The molecule has 98 valence electrons. The van der Waals surface area contributed by atoms with Gasteiger partial charge >= 0.3 is 0 Å². The van der Waals surface area contributed by atoms with E-state index in [1.165, 1.54) is 0 Å². The Hall–Kier alpha value is -0.870. The van der Waals surface area contributed by atoms with Gasteiger partial charge in [0.2, 0.25) is 0 Å². The molecule has 1 aromatic rings. The van der Waals surface area contributed by atoms with Gasteiger partial charge in [0.05, 0.1) is 18.3 Å². The third-order valence-corrected chi connectivity index (χ3v) is 3.23. The molecule has 0 aliphatic heterocycles. The Morgan fingerprint density at radius 1 is 1.35 bits per heavy atom. The Morgan fingerprint density at radius 2 is 2.06 bits per heavy atom. The van der Waals surface area contributed by atoms with Crippen LogP contribution in [0.5, 0.6) is 0 Å². The Bertz CT molecular complexity index is 307. The zero-order valence-electron chi connectivity index (χ0n) is 11.3.